The molecule has 1 aromatic rings. The summed E-state index contributed by atoms with van der Waals surface area (Å²) in [5.74, 6) is 0.791. The number of urea groups is 1. The fraction of sp³-hybridized carbons (Fsp3) is 0.750. The molecular formula is C16H24N4O3S. The van der Waals surface area contributed by atoms with Crippen molar-refractivity contribution in [2.45, 2.75) is 31.7 Å². The van der Waals surface area contributed by atoms with E-state index in [1.54, 1.807) is 29.0 Å². The van der Waals surface area contributed by atoms with E-state index in [0.29, 0.717) is 5.41 Å². The van der Waals surface area contributed by atoms with Gasteiger partial charge in [-0.2, -0.15) is 5.10 Å². The molecule has 1 unspecified atom stereocenters. The lowest BCUT2D eigenvalue weighted by Crippen LogP contribution is -2.51. The number of nitrogens with zero attached hydrogens (tertiary/aromatic N) is 3. The molecule has 2 amide bonds. The molecule has 4 rings (SSSR count). The van der Waals surface area contributed by atoms with Crippen LogP contribution in [-0.2, 0) is 16.9 Å². The molecule has 132 valence electrons. The van der Waals surface area contributed by atoms with Gasteiger partial charge in [-0.15, -0.1) is 0 Å². The molecule has 2 saturated carbocycles. The number of carbonyl (C=O) groups is 1. The van der Waals surface area contributed by atoms with Gasteiger partial charge in [-0.3, -0.25) is 4.68 Å². The second-order valence-electron chi connectivity index (χ2n) is 7.57. The summed E-state index contributed by atoms with van der Waals surface area (Å²) < 4.78 is 25.7. The minimum Gasteiger partial charge on any atom is -0.337 e. The highest BCUT2D eigenvalue weighted by atomic mass is 32.2. The third-order valence-corrected chi connectivity index (χ3v) is 7.36. The Morgan fingerprint density at radius 3 is 2.75 bits per heavy atom. The number of aryl methyl sites for hydroxylation is 1. The van der Waals surface area contributed by atoms with Crippen molar-refractivity contribution in [3.8, 4) is 0 Å². The minimum atomic E-state index is -3.13. The van der Waals surface area contributed by atoms with Crippen LogP contribution >= 0.6 is 0 Å². The summed E-state index contributed by atoms with van der Waals surface area (Å²) in [6, 6.07) is -0.598. The van der Waals surface area contributed by atoms with Crippen molar-refractivity contribution >= 4 is 15.9 Å². The molecule has 0 aromatic carbocycles. The van der Waals surface area contributed by atoms with Gasteiger partial charge in [0, 0.05) is 31.9 Å². The van der Waals surface area contributed by atoms with E-state index in [1.807, 2.05) is 0 Å². The summed E-state index contributed by atoms with van der Waals surface area (Å²) in [7, 11) is -1.34. The van der Waals surface area contributed by atoms with Gasteiger partial charge in [-0.1, -0.05) is 0 Å². The fourth-order valence-corrected chi connectivity index (χ4v) is 5.37. The smallest absolute Gasteiger partial charge is 0.317 e. The summed E-state index contributed by atoms with van der Waals surface area (Å²) in [6.45, 7) is 0.962. The Balaban J connectivity index is 1.47. The minimum absolute atomic E-state index is 0.0279. The van der Waals surface area contributed by atoms with E-state index in [-0.39, 0.29) is 24.1 Å². The molecule has 2 heterocycles. The van der Waals surface area contributed by atoms with Crippen LogP contribution < -0.4 is 5.32 Å². The predicted molar refractivity (Wildman–Crippen MR) is 89.1 cm³/mol. The molecule has 1 N–H and O–H groups in total. The molecule has 7 nitrogen and oxygen atoms in total. The van der Waals surface area contributed by atoms with Gasteiger partial charge in [-0.05, 0) is 37.0 Å². The molecule has 0 radical (unpaired) electrons. The van der Waals surface area contributed by atoms with Crippen molar-refractivity contribution < 1.29 is 13.2 Å². The van der Waals surface area contributed by atoms with Gasteiger partial charge in [-0.25, -0.2) is 13.2 Å². The van der Waals surface area contributed by atoms with Crippen LogP contribution in [0.1, 0.15) is 37.3 Å². The van der Waals surface area contributed by atoms with E-state index in [1.165, 1.54) is 25.7 Å². The number of hydrogen-bond donors (Lipinski definition) is 1. The molecule has 2 aliphatic carbocycles. The van der Waals surface area contributed by atoms with Gasteiger partial charge in [0.05, 0.1) is 23.7 Å². The molecule has 0 bridgehead atoms. The second-order valence-corrected chi connectivity index (χ2v) is 9.79. The van der Waals surface area contributed by atoms with Crippen molar-refractivity contribution in [2.24, 2.45) is 18.4 Å². The fourth-order valence-electron chi connectivity index (χ4n) is 3.88. The van der Waals surface area contributed by atoms with Crippen LogP contribution in [0.4, 0.5) is 4.79 Å². The zero-order valence-corrected chi connectivity index (χ0v) is 14.8. The standard InChI is InChI=1S/C16H24N4O3S/c1-19-9-12(8-18-19)14-10-24(22,23)7-6-20(14)15(21)17-11-16(4-5-16)13-2-3-13/h8-9,13-14H,2-7,10-11H2,1H3,(H,17,21). The maximum absolute atomic E-state index is 12.7. The Morgan fingerprint density at radius 1 is 1.42 bits per heavy atom. The van der Waals surface area contributed by atoms with Crippen LogP contribution in [0.3, 0.4) is 0 Å². The normalized spacial score (nSPS) is 27.7. The van der Waals surface area contributed by atoms with E-state index in [9.17, 15) is 13.2 Å². The van der Waals surface area contributed by atoms with Gasteiger partial charge in [0.1, 0.15) is 0 Å². The average molecular weight is 352 g/mol. The third-order valence-electron chi connectivity index (χ3n) is 5.73. The lowest BCUT2D eigenvalue weighted by molar-refractivity contribution is 0.177. The Morgan fingerprint density at radius 2 is 2.17 bits per heavy atom. The molecule has 1 saturated heterocycles. The van der Waals surface area contributed by atoms with Crippen molar-refractivity contribution in [1.82, 2.24) is 20.0 Å². The molecule has 0 spiro atoms. The SMILES string of the molecule is Cn1cc(C2CS(=O)(=O)CCN2C(=O)NCC2(C3CC3)CC2)cn1. The molecule has 1 aliphatic heterocycles. The summed E-state index contributed by atoms with van der Waals surface area (Å²) in [5.41, 5.74) is 1.11. The summed E-state index contributed by atoms with van der Waals surface area (Å²) in [5, 5.41) is 7.20. The van der Waals surface area contributed by atoms with Crippen LogP contribution in [-0.4, -0.2) is 53.7 Å². The first-order chi connectivity index (χ1) is 11.4. The number of rotatable bonds is 4. The Hall–Kier alpha value is -1.57. The highest BCUT2D eigenvalue weighted by Gasteiger charge is 2.53. The zero-order chi connectivity index (χ0) is 16.9. The highest BCUT2D eigenvalue weighted by Crippen LogP contribution is 2.60. The first-order valence-electron chi connectivity index (χ1n) is 8.62. The Bertz CT molecular complexity index is 749. The summed E-state index contributed by atoms with van der Waals surface area (Å²) in [4.78, 5) is 14.4. The van der Waals surface area contributed by atoms with Gasteiger partial charge >= 0.3 is 6.03 Å². The predicted octanol–water partition coefficient (Wildman–Crippen LogP) is 1.09. The first kappa shape index (κ1) is 15.9. The van der Waals surface area contributed by atoms with Crippen LogP contribution in [0.2, 0.25) is 0 Å². The zero-order valence-electron chi connectivity index (χ0n) is 13.9. The number of hydrogen-bond acceptors (Lipinski definition) is 4. The van der Waals surface area contributed by atoms with Crippen LogP contribution in [0.15, 0.2) is 12.4 Å². The molecule has 8 heteroatoms. The number of carbonyl (C=O) groups excluding carboxylic acids is 1. The Labute approximate surface area is 142 Å². The number of nitrogens with one attached hydrogen (secondary N) is 1. The average Bonchev–Trinajstić information content (AvgIpc) is 3.42. The third kappa shape index (κ3) is 3.03. The molecule has 24 heavy (non-hydrogen) atoms. The second kappa shape index (κ2) is 5.47. The number of aromatic nitrogens is 2. The van der Waals surface area contributed by atoms with E-state index in [2.05, 4.69) is 10.4 Å². The van der Waals surface area contributed by atoms with Crippen LogP contribution in [0, 0.1) is 11.3 Å². The Kier molecular flexibility index (Phi) is 3.63. The number of amides is 2. The van der Waals surface area contributed by atoms with Gasteiger partial charge < -0.3 is 10.2 Å². The maximum atomic E-state index is 12.7. The van der Waals surface area contributed by atoms with Crippen molar-refractivity contribution in [3.05, 3.63) is 18.0 Å². The van der Waals surface area contributed by atoms with Gasteiger partial charge in [0.15, 0.2) is 9.84 Å². The van der Waals surface area contributed by atoms with Crippen molar-refractivity contribution in [3.63, 3.8) is 0 Å². The van der Waals surface area contributed by atoms with Crippen LogP contribution in [0.25, 0.3) is 0 Å². The van der Waals surface area contributed by atoms with E-state index in [0.717, 1.165) is 18.0 Å². The summed E-state index contributed by atoms with van der Waals surface area (Å²) in [6.07, 6.45) is 8.43. The van der Waals surface area contributed by atoms with Crippen molar-refractivity contribution in [1.29, 1.82) is 0 Å². The van der Waals surface area contributed by atoms with E-state index < -0.39 is 15.9 Å². The number of sulfone groups is 1. The molecule has 1 aromatic heterocycles. The van der Waals surface area contributed by atoms with E-state index >= 15 is 0 Å². The lowest BCUT2D eigenvalue weighted by Gasteiger charge is -2.35. The van der Waals surface area contributed by atoms with Crippen LogP contribution in [0.5, 0.6) is 0 Å². The highest BCUT2D eigenvalue weighted by molar-refractivity contribution is 7.91. The largest absolute Gasteiger partial charge is 0.337 e. The van der Waals surface area contributed by atoms with Crippen molar-refractivity contribution in [2.75, 3.05) is 24.6 Å². The molecular weight excluding hydrogens is 328 g/mol. The topological polar surface area (TPSA) is 84.3 Å². The molecule has 1 atom stereocenters. The monoisotopic (exact) mass is 352 g/mol. The molecule has 3 aliphatic rings. The quantitative estimate of drug-likeness (QED) is 0.879. The molecule has 3 fully saturated rings. The summed E-state index contributed by atoms with van der Waals surface area (Å²) >= 11 is 0. The first-order valence-corrected chi connectivity index (χ1v) is 10.4. The van der Waals surface area contributed by atoms with Gasteiger partial charge in [0.25, 0.3) is 0 Å². The lowest BCUT2D eigenvalue weighted by atomic mass is 10.0. The van der Waals surface area contributed by atoms with Gasteiger partial charge in [0.2, 0.25) is 0 Å². The maximum Gasteiger partial charge on any atom is 0.317 e. The van der Waals surface area contributed by atoms with E-state index in [4.69, 9.17) is 0 Å².